The maximum atomic E-state index is 12.5. The van der Waals surface area contributed by atoms with Crippen molar-refractivity contribution in [2.75, 3.05) is 43.8 Å². The molecule has 1 aliphatic rings. The van der Waals surface area contributed by atoms with Gasteiger partial charge in [-0.05, 0) is 48.9 Å². The Morgan fingerprint density at radius 3 is 2.35 bits per heavy atom. The van der Waals surface area contributed by atoms with Crippen LogP contribution >= 0.6 is 0 Å². The summed E-state index contributed by atoms with van der Waals surface area (Å²) in [5, 5.41) is 2.96. The molecule has 138 valence electrons. The van der Waals surface area contributed by atoms with Crippen LogP contribution in [0.2, 0.25) is 0 Å². The van der Waals surface area contributed by atoms with Gasteiger partial charge in [0, 0.05) is 49.7 Å². The minimum absolute atomic E-state index is 0.127. The van der Waals surface area contributed by atoms with E-state index in [1.165, 1.54) is 5.56 Å². The highest BCUT2D eigenvalue weighted by molar-refractivity contribution is 6.05. The predicted octanol–water partition coefficient (Wildman–Crippen LogP) is 2.97. The summed E-state index contributed by atoms with van der Waals surface area (Å²) in [5.74, 6) is -0.127. The molecule has 1 aliphatic heterocycles. The summed E-state index contributed by atoms with van der Waals surface area (Å²) in [4.78, 5) is 17.4. The minimum Gasteiger partial charge on any atom is -0.399 e. The molecule has 1 amide bonds. The van der Waals surface area contributed by atoms with Crippen LogP contribution in [0.5, 0.6) is 0 Å². The fraction of sp³-hybridized carbons (Fsp3) is 0.381. The second-order valence-corrected chi connectivity index (χ2v) is 6.94. The zero-order valence-corrected chi connectivity index (χ0v) is 15.7. The van der Waals surface area contributed by atoms with Crippen molar-refractivity contribution in [2.45, 2.75) is 20.4 Å². The largest absolute Gasteiger partial charge is 0.399 e. The molecule has 0 atom stereocenters. The van der Waals surface area contributed by atoms with Crippen molar-refractivity contribution in [3.63, 3.8) is 0 Å². The number of carbonyl (C=O) groups excluding carboxylic acids is 1. The molecule has 0 spiro atoms. The number of hydrogen-bond donors (Lipinski definition) is 2. The van der Waals surface area contributed by atoms with Gasteiger partial charge in [-0.15, -0.1) is 0 Å². The van der Waals surface area contributed by atoms with Crippen LogP contribution in [0.3, 0.4) is 0 Å². The molecule has 2 aromatic rings. The smallest absolute Gasteiger partial charge is 0.256 e. The van der Waals surface area contributed by atoms with Crippen molar-refractivity contribution in [1.29, 1.82) is 0 Å². The zero-order chi connectivity index (χ0) is 18.5. The van der Waals surface area contributed by atoms with E-state index in [0.29, 0.717) is 11.3 Å². The molecule has 1 heterocycles. The van der Waals surface area contributed by atoms with E-state index in [4.69, 9.17) is 5.73 Å². The van der Waals surface area contributed by atoms with Crippen molar-refractivity contribution in [1.82, 2.24) is 9.80 Å². The summed E-state index contributed by atoms with van der Waals surface area (Å²) in [6.45, 7) is 10.7. The van der Waals surface area contributed by atoms with Gasteiger partial charge in [0.2, 0.25) is 0 Å². The second-order valence-electron chi connectivity index (χ2n) is 6.94. The van der Waals surface area contributed by atoms with Crippen molar-refractivity contribution in [2.24, 2.45) is 0 Å². The molecular formula is C21H28N4O. The van der Waals surface area contributed by atoms with Gasteiger partial charge in [0.25, 0.3) is 5.91 Å². The molecule has 0 bridgehead atoms. The highest BCUT2D eigenvalue weighted by atomic mass is 16.1. The average Bonchev–Trinajstić information content (AvgIpc) is 2.66. The number of aryl methyl sites for hydroxylation is 1. The van der Waals surface area contributed by atoms with Gasteiger partial charge < -0.3 is 16.0 Å². The Hall–Kier alpha value is -2.37. The molecule has 26 heavy (non-hydrogen) atoms. The summed E-state index contributed by atoms with van der Waals surface area (Å²) in [6, 6.07) is 13.5. The Morgan fingerprint density at radius 1 is 1.04 bits per heavy atom. The summed E-state index contributed by atoms with van der Waals surface area (Å²) in [7, 11) is 0. The van der Waals surface area contributed by atoms with Gasteiger partial charge in [-0.1, -0.05) is 25.1 Å². The zero-order valence-electron chi connectivity index (χ0n) is 15.7. The fourth-order valence-electron chi connectivity index (χ4n) is 3.30. The third kappa shape index (κ3) is 4.62. The first-order valence-corrected chi connectivity index (χ1v) is 9.26. The Bertz CT molecular complexity index is 749. The number of piperazine rings is 1. The Morgan fingerprint density at radius 2 is 1.69 bits per heavy atom. The molecule has 0 aromatic heterocycles. The first-order chi connectivity index (χ1) is 12.5. The van der Waals surface area contributed by atoms with Crippen LogP contribution in [0.1, 0.15) is 28.4 Å². The number of nitrogen functional groups attached to an aromatic ring is 1. The van der Waals surface area contributed by atoms with Crippen LogP contribution in [0.25, 0.3) is 0 Å². The number of nitrogens with one attached hydrogen (secondary N) is 1. The van der Waals surface area contributed by atoms with Crippen LogP contribution in [0.15, 0.2) is 42.5 Å². The highest BCUT2D eigenvalue weighted by Gasteiger charge is 2.15. The normalized spacial score (nSPS) is 15.8. The van der Waals surface area contributed by atoms with Crippen LogP contribution in [-0.4, -0.2) is 48.4 Å². The molecule has 0 unspecified atom stereocenters. The average molecular weight is 352 g/mol. The van der Waals surface area contributed by atoms with Gasteiger partial charge in [0.05, 0.1) is 0 Å². The van der Waals surface area contributed by atoms with Gasteiger partial charge in [-0.2, -0.15) is 0 Å². The molecule has 1 fully saturated rings. The molecule has 3 rings (SSSR count). The van der Waals surface area contributed by atoms with E-state index >= 15 is 0 Å². The SMILES string of the molecule is CCN1CCN(Cc2ccc(NC(=O)c3cc(N)ccc3C)cc2)CC1. The van der Waals surface area contributed by atoms with E-state index in [9.17, 15) is 4.79 Å². The van der Waals surface area contributed by atoms with Crippen LogP contribution < -0.4 is 11.1 Å². The fourth-order valence-corrected chi connectivity index (χ4v) is 3.30. The van der Waals surface area contributed by atoms with Gasteiger partial charge in [0.1, 0.15) is 0 Å². The lowest BCUT2D eigenvalue weighted by Gasteiger charge is -2.34. The summed E-state index contributed by atoms with van der Waals surface area (Å²) in [6.07, 6.45) is 0. The van der Waals surface area contributed by atoms with E-state index in [2.05, 4.69) is 34.2 Å². The molecular weight excluding hydrogens is 324 g/mol. The lowest BCUT2D eigenvalue weighted by atomic mass is 10.1. The number of likely N-dealkylation sites (N-methyl/N-ethyl adjacent to an activating group) is 1. The highest BCUT2D eigenvalue weighted by Crippen LogP contribution is 2.17. The van der Waals surface area contributed by atoms with Crippen LogP contribution in [0.4, 0.5) is 11.4 Å². The number of anilines is 2. The maximum absolute atomic E-state index is 12.5. The number of hydrogen-bond acceptors (Lipinski definition) is 4. The Kier molecular flexibility index (Phi) is 5.91. The predicted molar refractivity (Wildman–Crippen MR) is 107 cm³/mol. The number of carbonyl (C=O) groups is 1. The van der Waals surface area contributed by atoms with E-state index in [1.807, 2.05) is 25.1 Å². The summed E-state index contributed by atoms with van der Waals surface area (Å²) >= 11 is 0. The van der Waals surface area contributed by atoms with Gasteiger partial charge in [-0.25, -0.2) is 0 Å². The van der Waals surface area contributed by atoms with Crippen LogP contribution in [-0.2, 0) is 6.54 Å². The van der Waals surface area contributed by atoms with E-state index in [1.54, 1.807) is 12.1 Å². The Labute approximate surface area is 155 Å². The summed E-state index contributed by atoms with van der Waals surface area (Å²) < 4.78 is 0. The molecule has 0 radical (unpaired) electrons. The number of nitrogens with zero attached hydrogens (tertiary/aromatic N) is 2. The molecule has 5 heteroatoms. The van der Waals surface area contributed by atoms with Gasteiger partial charge >= 0.3 is 0 Å². The van der Waals surface area contributed by atoms with Crippen molar-refractivity contribution in [3.8, 4) is 0 Å². The molecule has 5 nitrogen and oxygen atoms in total. The lowest BCUT2D eigenvalue weighted by Crippen LogP contribution is -2.45. The molecule has 3 N–H and O–H groups in total. The third-order valence-electron chi connectivity index (χ3n) is 5.04. The minimum atomic E-state index is -0.127. The van der Waals surface area contributed by atoms with Crippen molar-refractivity contribution >= 4 is 17.3 Å². The number of nitrogens with two attached hydrogens (primary N) is 1. The van der Waals surface area contributed by atoms with E-state index in [0.717, 1.165) is 50.5 Å². The van der Waals surface area contributed by atoms with Crippen LogP contribution in [0, 0.1) is 6.92 Å². The quantitative estimate of drug-likeness (QED) is 0.812. The van der Waals surface area contributed by atoms with Crippen molar-refractivity contribution in [3.05, 3.63) is 59.2 Å². The second kappa shape index (κ2) is 8.34. The van der Waals surface area contributed by atoms with E-state index in [-0.39, 0.29) is 5.91 Å². The number of amides is 1. The molecule has 0 aliphatic carbocycles. The number of benzene rings is 2. The first-order valence-electron chi connectivity index (χ1n) is 9.26. The number of rotatable bonds is 5. The summed E-state index contributed by atoms with van der Waals surface area (Å²) in [5.41, 5.74) is 10.00. The monoisotopic (exact) mass is 352 g/mol. The standard InChI is InChI=1S/C21H28N4O/c1-3-24-10-12-25(13-11-24)15-17-5-8-19(9-6-17)23-21(26)20-14-18(22)7-4-16(20)2/h4-9,14H,3,10-13,15,22H2,1-2H3,(H,23,26). The first kappa shape index (κ1) is 18.4. The Balaban J connectivity index is 1.57. The van der Waals surface area contributed by atoms with Gasteiger partial charge in [-0.3, -0.25) is 9.69 Å². The molecule has 1 saturated heterocycles. The van der Waals surface area contributed by atoms with Gasteiger partial charge in [0.15, 0.2) is 0 Å². The molecule has 2 aromatic carbocycles. The van der Waals surface area contributed by atoms with E-state index < -0.39 is 0 Å². The van der Waals surface area contributed by atoms with Crippen molar-refractivity contribution < 1.29 is 4.79 Å². The maximum Gasteiger partial charge on any atom is 0.256 e. The lowest BCUT2D eigenvalue weighted by molar-refractivity contribution is 0.102. The third-order valence-corrected chi connectivity index (χ3v) is 5.04. The topological polar surface area (TPSA) is 61.6 Å². The molecule has 0 saturated carbocycles.